The molecule has 0 aromatic carbocycles. The quantitative estimate of drug-likeness (QED) is 0.821. The molecule has 0 aliphatic carbocycles. The summed E-state index contributed by atoms with van der Waals surface area (Å²) in [6.45, 7) is 5.40. The molecular formula is C11H17N3O3. The Balaban J connectivity index is 2.47. The van der Waals surface area contributed by atoms with Crippen molar-refractivity contribution in [2.24, 2.45) is 0 Å². The number of aliphatic hydroxyl groups excluding tert-OH is 1. The van der Waals surface area contributed by atoms with Gasteiger partial charge in [-0.05, 0) is 26.8 Å². The van der Waals surface area contributed by atoms with Crippen molar-refractivity contribution in [3.8, 4) is 0 Å². The van der Waals surface area contributed by atoms with E-state index in [1.54, 1.807) is 26.8 Å². The number of carbonyl (C=O) groups excluding carboxylic acids is 1. The number of rotatable bonds is 3. The van der Waals surface area contributed by atoms with Gasteiger partial charge in [0.05, 0.1) is 12.2 Å². The monoisotopic (exact) mass is 239 g/mol. The highest BCUT2D eigenvalue weighted by Crippen LogP contribution is 2.06. The van der Waals surface area contributed by atoms with Gasteiger partial charge in [0.25, 0.3) is 0 Å². The van der Waals surface area contributed by atoms with E-state index in [4.69, 9.17) is 9.84 Å². The summed E-state index contributed by atoms with van der Waals surface area (Å²) < 4.78 is 5.07. The predicted octanol–water partition coefficient (Wildman–Crippen LogP) is 0.994. The molecule has 0 saturated carbocycles. The van der Waals surface area contributed by atoms with E-state index in [0.29, 0.717) is 11.5 Å². The molecule has 0 bridgehead atoms. The third-order valence-electron chi connectivity index (χ3n) is 1.72. The van der Waals surface area contributed by atoms with Gasteiger partial charge in [0.2, 0.25) is 0 Å². The van der Waals surface area contributed by atoms with Gasteiger partial charge >= 0.3 is 6.09 Å². The summed E-state index contributed by atoms with van der Waals surface area (Å²) in [6.07, 6.45) is 1.03. The van der Waals surface area contributed by atoms with E-state index in [0.717, 1.165) is 0 Å². The normalized spacial score (nSPS) is 11.1. The van der Waals surface area contributed by atoms with Crippen LogP contribution in [0, 0.1) is 0 Å². The summed E-state index contributed by atoms with van der Waals surface area (Å²) in [7, 11) is 0. The number of hydrogen-bond acceptors (Lipinski definition) is 5. The lowest BCUT2D eigenvalue weighted by Crippen LogP contribution is -2.32. The standard InChI is InChI=1S/C11H17N3O3/c1-11(2,3)17-10(16)13-6-8-4-5-12-9(7-15)14-8/h4-5,15H,6-7H2,1-3H3,(H,13,16). The summed E-state index contributed by atoms with van der Waals surface area (Å²) in [5, 5.41) is 11.4. The molecule has 0 spiro atoms. The highest BCUT2D eigenvalue weighted by Gasteiger charge is 2.15. The van der Waals surface area contributed by atoms with Crippen LogP contribution in [0.15, 0.2) is 12.3 Å². The summed E-state index contributed by atoms with van der Waals surface area (Å²) in [5.74, 6) is 0.327. The molecule has 17 heavy (non-hydrogen) atoms. The van der Waals surface area contributed by atoms with Gasteiger partial charge in [0.1, 0.15) is 12.2 Å². The van der Waals surface area contributed by atoms with Gasteiger partial charge in [-0.25, -0.2) is 14.8 Å². The SMILES string of the molecule is CC(C)(C)OC(=O)NCc1ccnc(CO)n1. The van der Waals surface area contributed by atoms with E-state index < -0.39 is 11.7 Å². The summed E-state index contributed by atoms with van der Waals surface area (Å²) >= 11 is 0. The van der Waals surface area contributed by atoms with Gasteiger partial charge in [-0.1, -0.05) is 0 Å². The first-order valence-electron chi connectivity index (χ1n) is 5.29. The molecule has 1 amide bonds. The maximum absolute atomic E-state index is 11.4. The van der Waals surface area contributed by atoms with Crippen molar-refractivity contribution < 1.29 is 14.6 Å². The zero-order chi connectivity index (χ0) is 12.9. The van der Waals surface area contributed by atoms with Crippen LogP contribution in [-0.4, -0.2) is 26.8 Å². The van der Waals surface area contributed by atoms with Gasteiger partial charge in [-0.3, -0.25) is 0 Å². The first kappa shape index (κ1) is 13.4. The Kier molecular flexibility index (Phi) is 4.39. The number of nitrogens with zero attached hydrogens (tertiary/aromatic N) is 2. The topological polar surface area (TPSA) is 84.3 Å². The third kappa shape index (κ3) is 5.26. The van der Waals surface area contributed by atoms with Crippen LogP contribution in [0.4, 0.5) is 4.79 Å². The van der Waals surface area contributed by atoms with Crippen molar-refractivity contribution in [1.82, 2.24) is 15.3 Å². The lowest BCUT2D eigenvalue weighted by molar-refractivity contribution is 0.0523. The van der Waals surface area contributed by atoms with Crippen molar-refractivity contribution in [1.29, 1.82) is 0 Å². The highest BCUT2D eigenvalue weighted by molar-refractivity contribution is 5.67. The molecular weight excluding hydrogens is 222 g/mol. The van der Waals surface area contributed by atoms with Crippen molar-refractivity contribution in [2.75, 3.05) is 0 Å². The second-order valence-corrected chi connectivity index (χ2v) is 4.48. The Bertz CT molecular complexity index is 388. The van der Waals surface area contributed by atoms with Gasteiger partial charge in [-0.2, -0.15) is 0 Å². The minimum absolute atomic E-state index is 0.222. The number of nitrogens with one attached hydrogen (secondary N) is 1. The van der Waals surface area contributed by atoms with Crippen molar-refractivity contribution in [3.63, 3.8) is 0 Å². The number of alkyl carbamates (subject to hydrolysis) is 1. The lowest BCUT2D eigenvalue weighted by atomic mass is 10.2. The Hall–Kier alpha value is -1.69. The molecule has 94 valence electrons. The fourth-order valence-corrected chi connectivity index (χ4v) is 1.09. The Morgan fingerprint density at radius 3 is 2.82 bits per heavy atom. The van der Waals surface area contributed by atoms with E-state index in [2.05, 4.69) is 15.3 Å². The summed E-state index contributed by atoms with van der Waals surface area (Å²) in [6, 6.07) is 1.66. The van der Waals surface area contributed by atoms with E-state index in [-0.39, 0.29) is 13.2 Å². The van der Waals surface area contributed by atoms with Crippen LogP contribution in [0.1, 0.15) is 32.3 Å². The van der Waals surface area contributed by atoms with Gasteiger partial charge in [-0.15, -0.1) is 0 Å². The van der Waals surface area contributed by atoms with Crippen LogP contribution in [0.5, 0.6) is 0 Å². The zero-order valence-corrected chi connectivity index (χ0v) is 10.2. The van der Waals surface area contributed by atoms with E-state index in [9.17, 15) is 4.79 Å². The Morgan fingerprint density at radius 2 is 2.24 bits per heavy atom. The number of amides is 1. The van der Waals surface area contributed by atoms with Crippen LogP contribution in [0.3, 0.4) is 0 Å². The minimum atomic E-state index is -0.522. The number of aliphatic hydroxyl groups is 1. The predicted molar refractivity (Wildman–Crippen MR) is 61.0 cm³/mol. The third-order valence-corrected chi connectivity index (χ3v) is 1.72. The largest absolute Gasteiger partial charge is 0.444 e. The molecule has 1 aromatic heterocycles. The van der Waals surface area contributed by atoms with Gasteiger partial charge in [0.15, 0.2) is 5.82 Å². The molecule has 0 saturated heterocycles. The number of carbonyl (C=O) groups is 1. The van der Waals surface area contributed by atoms with E-state index >= 15 is 0 Å². The highest BCUT2D eigenvalue weighted by atomic mass is 16.6. The number of ether oxygens (including phenoxy) is 1. The molecule has 0 fully saturated rings. The molecule has 6 heteroatoms. The average Bonchev–Trinajstić information content (AvgIpc) is 2.24. The molecule has 0 atom stereocenters. The molecule has 0 unspecified atom stereocenters. The minimum Gasteiger partial charge on any atom is -0.444 e. The average molecular weight is 239 g/mol. The smallest absolute Gasteiger partial charge is 0.407 e. The number of aromatic nitrogens is 2. The Morgan fingerprint density at radius 1 is 1.53 bits per heavy atom. The second-order valence-electron chi connectivity index (χ2n) is 4.48. The van der Waals surface area contributed by atoms with Crippen molar-refractivity contribution in [2.45, 2.75) is 39.5 Å². The molecule has 0 radical (unpaired) electrons. The summed E-state index contributed by atoms with van der Waals surface area (Å²) in [5.41, 5.74) is 0.0985. The van der Waals surface area contributed by atoms with E-state index in [1.165, 1.54) is 6.20 Å². The van der Waals surface area contributed by atoms with Gasteiger partial charge in [0, 0.05) is 6.20 Å². The van der Waals surface area contributed by atoms with E-state index in [1.807, 2.05) is 0 Å². The van der Waals surface area contributed by atoms with Crippen molar-refractivity contribution >= 4 is 6.09 Å². The zero-order valence-electron chi connectivity index (χ0n) is 10.2. The fraction of sp³-hybridized carbons (Fsp3) is 0.545. The van der Waals surface area contributed by atoms with Crippen LogP contribution in [-0.2, 0) is 17.9 Å². The fourth-order valence-electron chi connectivity index (χ4n) is 1.09. The molecule has 6 nitrogen and oxygen atoms in total. The van der Waals surface area contributed by atoms with Gasteiger partial charge < -0.3 is 15.2 Å². The molecule has 0 aliphatic rings. The van der Waals surface area contributed by atoms with Crippen LogP contribution in [0.25, 0.3) is 0 Å². The molecule has 0 aliphatic heterocycles. The molecule has 2 N–H and O–H groups in total. The maximum atomic E-state index is 11.4. The van der Waals surface area contributed by atoms with Crippen molar-refractivity contribution in [3.05, 3.63) is 23.8 Å². The summed E-state index contributed by atoms with van der Waals surface area (Å²) in [4.78, 5) is 19.2. The molecule has 1 heterocycles. The molecule has 1 aromatic rings. The first-order valence-corrected chi connectivity index (χ1v) is 5.29. The van der Waals surface area contributed by atoms with Crippen LogP contribution in [0.2, 0.25) is 0 Å². The van der Waals surface area contributed by atoms with Crippen LogP contribution >= 0.6 is 0 Å². The second kappa shape index (κ2) is 5.58. The molecule has 1 rings (SSSR count). The Labute approximate surface area is 100 Å². The lowest BCUT2D eigenvalue weighted by Gasteiger charge is -2.19. The maximum Gasteiger partial charge on any atom is 0.407 e. The number of hydrogen-bond donors (Lipinski definition) is 2. The van der Waals surface area contributed by atoms with Crippen LogP contribution < -0.4 is 5.32 Å². The first-order chi connectivity index (χ1) is 7.90.